The monoisotopic (exact) mass is 224 g/mol. The summed E-state index contributed by atoms with van der Waals surface area (Å²) < 4.78 is 10.4. The van der Waals surface area contributed by atoms with Gasteiger partial charge in [0.15, 0.2) is 0 Å². The molecule has 0 aliphatic rings. The third-order valence-corrected chi connectivity index (χ3v) is 2.47. The van der Waals surface area contributed by atoms with E-state index in [9.17, 15) is 0 Å². The van der Waals surface area contributed by atoms with Crippen LogP contribution in [-0.4, -0.2) is 20.3 Å². The predicted molar refractivity (Wildman–Crippen MR) is 64.7 cm³/mol. The van der Waals surface area contributed by atoms with Crippen molar-refractivity contribution in [3.8, 4) is 11.5 Å². The topological polar surface area (TPSA) is 70.5 Å². The number of rotatable bonds is 5. The first-order valence-corrected chi connectivity index (χ1v) is 5.31. The van der Waals surface area contributed by atoms with Crippen molar-refractivity contribution in [3.05, 3.63) is 23.8 Å². The van der Waals surface area contributed by atoms with Crippen LogP contribution >= 0.6 is 0 Å². The molecule has 0 aromatic heterocycles. The highest BCUT2D eigenvalue weighted by molar-refractivity contribution is 5.42. The van der Waals surface area contributed by atoms with Crippen molar-refractivity contribution in [2.45, 2.75) is 25.4 Å². The van der Waals surface area contributed by atoms with Crippen LogP contribution in [-0.2, 0) is 0 Å². The van der Waals surface area contributed by atoms with Crippen LogP contribution in [0.4, 0.5) is 0 Å². The minimum Gasteiger partial charge on any atom is -0.497 e. The molecule has 16 heavy (non-hydrogen) atoms. The van der Waals surface area contributed by atoms with E-state index in [0.717, 1.165) is 23.5 Å². The van der Waals surface area contributed by atoms with E-state index in [1.54, 1.807) is 14.2 Å². The van der Waals surface area contributed by atoms with E-state index in [2.05, 4.69) is 0 Å². The molecule has 4 nitrogen and oxygen atoms in total. The van der Waals surface area contributed by atoms with Crippen LogP contribution in [0.3, 0.4) is 0 Å². The molecule has 0 bridgehead atoms. The molecule has 0 aliphatic carbocycles. The summed E-state index contributed by atoms with van der Waals surface area (Å²) in [4.78, 5) is 0. The van der Waals surface area contributed by atoms with E-state index >= 15 is 0 Å². The average Bonchev–Trinajstić information content (AvgIpc) is 2.27. The summed E-state index contributed by atoms with van der Waals surface area (Å²) in [7, 11) is 3.24. The summed E-state index contributed by atoms with van der Waals surface area (Å²) in [5.74, 6) is 1.50. The molecule has 0 heterocycles. The van der Waals surface area contributed by atoms with E-state index in [-0.39, 0.29) is 12.1 Å². The molecule has 1 aromatic rings. The molecule has 0 amide bonds. The molecule has 2 atom stereocenters. The molecule has 0 saturated heterocycles. The number of nitrogens with two attached hydrogens (primary N) is 2. The first kappa shape index (κ1) is 12.8. The van der Waals surface area contributed by atoms with Crippen molar-refractivity contribution in [1.29, 1.82) is 0 Å². The van der Waals surface area contributed by atoms with Crippen LogP contribution in [0.2, 0.25) is 0 Å². The van der Waals surface area contributed by atoms with Crippen molar-refractivity contribution in [3.63, 3.8) is 0 Å². The second-order valence-electron chi connectivity index (χ2n) is 3.93. The van der Waals surface area contributed by atoms with Gasteiger partial charge in [-0.1, -0.05) is 6.07 Å². The molecule has 1 aromatic carbocycles. The number of ether oxygens (including phenoxy) is 2. The summed E-state index contributed by atoms with van der Waals surface area (Å²) in [6, 6.07) is 5.59. The minimum atomic E-state index is -0.110. The van der Waals surface area contributed by atoms with Gasteiger partial charge in [-0.05, 0) is 19.4 Å². The normalized spacial score (nSPS) is 14.3. The van der Waals surface area contributed by atoms with E-state index in [1.165, 1.54) is 0 Å². The lowest BCUT2D eigenvalue weighted by molar-refractivity contribution is 0.386. The van der Waals surface area contributed by atoms with Gasteiger partial charge in [-0.15, -0.1) is 0 Å². The number of benzene rings is 1. The summed E-state index contributed by atoms with van der Waals surface area (Å²) in [6.45, 7) is 1.94. The Hall–Kier alpha value is -1.26. The lowest BCUT2D eigenvalue weighted by Crippen LogP contribution is -2.23. The molecule has 0 aliphatic heterocycles. The largest absolute Gasteiger partial charge is 0.497 e. The molecule has 0 spiro atoms. The Morgan fingerprint density at radius 3 is 2.38 bits per heavy atom. The van der Waals surface area contributed by atoms with Gasteiger partial charge in [-0.2, -0.15) is 0 Å². The third-order valence-electron chi connectivity index (χ3n) is 2.47. The average molecular weight is 224 g/mol. The molecule has 0 fully saturated rings. The van der Waals surface area contributed by atoms with E-state index in [4.69, 9.17) is 20.9 Å². The fourth-order valence-corrected chi connectivity index (χ4v) is 1.65. The number of methoxy groups -OCH3 is 2. The van der Waals surface area contributed by atoms with Gasteiger partial charge in [0.25, 0.3) is 0 Å². The molecule has 4 heteroatoms. The van der Waals surface area contributed by atoms with Gasteiger partial charge in [0.1, 0.15) is 11.5 Å². The molecule has 0 radical (unpaired) electrons. The van der Waals surface area contributed by atoms with Gasteiger partial charge in [-0.25, -0.2) is 0 Å². The minimum absolute atomic E-state index is 0.0711. The Kier molecular flexibility index (Phi) is 4.58. The maximum atomic E-state index is 6.06. The van der Waals surface area contributed by atoms with Crippen molar-refractivity contribution < 1.29 is 9.47 Å². The van der Waals surface area contributed by atoms with Gasteiger partial charge >= 0.3 is 0 Å². The van der Waals surface area contributed by atoms with E-state index < -0.39 is 0 Å². The summed E-state index contributed by atoms with van der Waals surface area (Å²) >= 11 is 0. The lowest BCUT2D eigenvalue weighted by atomic mass is 10.00. The van der Waals surface area contributed by atoms with Crippen LogP contribution in [0.5, 0.6) is 11.5 Å². The summed E-state index contributed by atoms with van der Waals surface area (Å²) in [6.07, 6.45) is 0.725. The number of hydrogen-bond acceptors (Lipinski definition) is 4. The van der Waals surface area contributed by atoms with Crippen LogP contribution in [0.25, 0.3) is 0 Å². The van der Waals surface area contributed by atoms with Crippen LogP contribution in [0.15, 0.2) is 18.2 Å². The third kappa shape index (κ3) is 3.12. The highest BCUT2D eigenvalue weighted by Gasteiger charge is 2.14. The van der Waals surface area contributed by atoms with Gasteiger partial charge < -0.3 is 20.9 Å². The maximum absolute atomic E-state index is 6.06. The smallest absolute Gasteiger partial charge is 0.127 e. The zero-order valence-corrected chi connectivity index (χ0v) is 10.1. The Labute approximate surface area is 96.5 Å². The van der Waals surface area contributed by atoms with E-state index in [0.29, 0.717) is 0 Å². The second-order valence-corrected chi connectivity index (χ2v) is 3.93. The molecule has 2 unspecified atom stereocenters. The zero-order chi connectivity index (χ0) is 12.1. The molecule has 0 saturated carbocycles. The number of hydrogen-bond donors (Lipinski definition) is 2. The van der Waals surface area contributed by atoms with Gasteiger partial charge in [0.2, 0.25) is 0 Å². The molecule has 90 valence electrons. The van der Waals surface area contributed by atoms with Crippen LogP contribution in [0.1, 0.15) is 24.9 Å². The summed E-state index contributed by atoms with van der Waals surface area (Å²) in [5, 5.41) is 0. The van der Waals surface area contributed by atoms with Gasteiger partial charge in [-0.3, -0.25) is 0 Å². The molecule has 1 rings (SSSR count). The maximum Gasteiger partial charge on any atom is 0.127 e. The zero-order valence-electron chi connectivity index (χ0n) is 10.1. The fraction of sp³-hybridized carbons (Fsp3) is 0.500. The highest BCUT2D eigenvalue weighted by Crippen LogP contribution is 2.30. The SMILES string of the molecule is COc1ccc(C(N)CC(C)N)c(OC)c1. The molecular weight excluding hydrogens is 204 g/mol. The van der Waals surface area contributed by atoms with E-state index in [1.807, 2.05) is 25.1 Å². The van der Waals surface area contributed by atoms with Crippen LogP contribution in [0, 0.1) is 0 Å². The Morgan fingerprint density at radius 2 is 1.88 bits per heavy atom. The van der Waals surface area contributed by atoms with Crippen LogP contribution < -0.4 is 20.9 Å². The van der Waals surface area contributed by atoms with Gasteiger partial charge in [0.05, 0.1) is 14.2 Å². The Bertz CT molecular complexity index is 340. The molecular formula is C12H20N2O2. The lowest BCUT2D eigenvalue weighted by Gasteiger charge is -2.18. The predicted octanol–water partition coefficient (Wildman–Crippen LogP) is 1.44. The van der Waals surface area contributed by atoms with Crippen molar-refractivity contribution in [2.75, 3.05) is 14.2 Å². The Balaban J connectivity index is 2.94. The van der Waals surface area contributed by atoms with Crippen molar-refractivity contribution >= 4 is 0 Å². The first-order chi connectivity index (χ1) is 7.58. The molecule has 4 N–H and O–H groups in total. The standard InChI is InChI=1S/C12H20N2O2/c1-8(13)6-11(14)10-5-4-9(15-2)7-12(10)16-3/h4-5,7-8,11H,6,13-14H2,1-3H3. The Morgan fingerprint density at radius 1 is 1.19 bits per heavy atom. The van der Waals surface area contributed by atoms with Crippen molar-refractivity contribution in [1.82, 2.24) is 0 Å². The first-order valence-electron chi connectivity index (χ1n) is 5.31. The summed E-state index contributed by atoms with van der Waals surface area (Å²) in [5.41, 5.74) is 12.8. The quantitative estimate of drug-likeness (QED) is 0.794. The van der Waals surface area contributed by atoms with Gasteiger partial charge in [0, 0.05) is 23.7 Å². The fourth-order valence-electron chi connectivity index (χ4n) is 1.65. The highest BCUT2D eigenvalue weighted by atomic mass is 16.5. The van der Waals surface area contributed by atoms with Crippen molar-refractivity contribution in [2.24, 2.45) is 11.5 Å². The second kappa shape index (κ2) is 5.72.